The van der Waals surface area contributed by atoms with Crippen molar-refractivity contribution in [2.75, 3.05) is 11.9 Å². The van der Waals surface area contributed by atoms with E-state index in [9.17, 15) is 9.90 Å². The van der Waals surface area contributed by atoms with E-state index in [2.05, 4.69) is 20.6 Å². The summed E-state index contributed by atoms with van der Waals surface area (Å²) in [6.07, 6.45) is 2.82. The maximum atomic E-state index is 12.3. The number of halogens is 1. The monoisotopic (exact) mass is 343 g/mol. The maximum absolute atomic E-state index is 12.3. The largest absolute Gasteiger partial charge is 0.394 e. The SMILES string of the molecule is O=C(Nc1cc(-c2cccc(Cl)c2)nn1CCO)c1ccnnc1. The smallest absolute Gasteiger partial charge is 0.258 e. The molecule has 2 aromatic heterocycles. The number of aliphatic hydroxyl groups is 1. The molecule has 0 radical (unpaired) electrons. The first kappa shape index (κ1) is 16.1. The van der Waals surface area contributed by atoms with Gasteiger partial charge in [-0.25, -0.2) is 4.68 Å². The fourth-order valence-electron chi connectivity index (χ4n) is 2.18. The lowest BCUT2D eigenvalue weighted by molar-refractivity contribution is 0.102. The van der Waals surface area contributed by atoms with Gasteiger partial charge in [0.05, 0.1) is 36.8 Å². The molecule has 0 saturated carbocycles. The molecular weight excluding hydrogens is 330 g/mol. The van der Waals surface area contributed by atoms with Crippen molar-refractivity contribution in [2.45, 2.75) is 6.54 Å². The molecule has 0 bridgehead atoms. The molecule has 7 nitrogen and oxygen atoms in total. The molecule has 8 heteroatoms. The summed E-state index contributed by atoms with van der Waals surface area (Å²) in [7, 11) is 0. The maximum Gasteiger partial charge on any atom is 0.258 e. The van der Waals surface area contributed by atoms with Crippen molar-refractivity contribution in [1.82, 2.24) is 20.0 Å². The van der Waals surface area contributed by atoms with Gasteiger partial charge in [-0.3, -0.25) is 4.79 Å². The summed E-state index contributed by atoms with van der Waals surface area (Å²) in [6.45, 7) is 0.154. The number of amides is 1. The molecule has 0 saturated heterocycles. The van der Waals surface area contributed by atoms with E-state index in [1.807, 2.05) is 12.1 Å². The van der Waals surface area contributed by atoms with Gasteiger partial charge in [-0.1, -0.05) is 23.7 Å². The van der Waals surface area contributed by atoms with E-state index in [-0.39, 0.29) is 19.1 Å². The number of hydrogen-bond acceptors (Lipinski definition) is 5. The Morgan fingerprint density at radius 3 is 2.83 bits per heavy atom. The minimum absolute atomic E-state index is 0.101. The van der Waals surface area contributed by atoms with Gasteiger partial charge in [-0.2, -0.15) is 15.3 Å². The van der Waals surface area contributed by atoms with Crippen LogP contribution >= 0.6 is 11.6 Å². The zero-order chi connectivity index (χ0) is 16.9. The molecule has 0 aliphatic rings. The number of carbonyl (C=O) groups is 1. The topological polar surface area (TPSA) is 92.9 Å². The molecule has 0 atom stereocenters. The highest BCUT2D eigenvalue weighted by Crippen LogP contribution is 2.24. The first-order valence-corrected chi connectivity index (χ1v) is 7.58. The van der Waals surface area contributed by atoms with E-state index in [0.717, 1.165) is 5.56 Å². The molecule has 2 N–H and O–H groups in total. The van der Waals surface area contributed by atoms with Crippen molar-refractivity contribution >= 4 is 23.3 Å². The summed E-state index contributed by atoms with van der Waals surface area (Å²) >= 11 is 6.01. The molecule has 0 fully saturated rings. The molecule has 122 valence electrons. The van der Waals surface area contributed by atoms with Crippen LogP contribution in [0.4, 0.5) is 5.82 Å². The van der Waals surface area contributed by atoms with E-state index in [1.165, 1.54) is 17.1 Å². The Balaban J connectivity index is 1.90. The second kappa shape index (κ2) is 7.20. The average Bonchev–Trinajstić information content (AvgIpc) is 2.99. The van der Waals surface area contributed by atoms with E-state index in [4.69, 9.17) is 11.6 Å². The Labute approximate surface area is 142 Å². The van der Waals surface area contributed by atoms with Crippen molar-refractivity contribution in [3.05, 3.63) is 59.4 Å². The number of anilines is 1. The molecule has 2 heterocycles. The van der Waals surface area contributed by atoms with Crippen molar-refractivity contribution in [3.8, 4) is 11.3 Å². The van der Waals surface area contributed by atoms with E-state index >= 15 is 0 Å². The first-order chi connectivity index (χ1) is 11.7. The number of carbonyl (C=O) groups excluding carboxylic acids is 1. The molecule has 0 aliphatic carbocycles. The Kier molecular flexibility index (Phi) is 4.83. The third kappa shape index (κ3) is 3.58. The number of rotatable bonds is 5. The summed E-state index contributed by atoms with van der Waals surface area (Å²) < 4.78 is 1.53. The Hall–Kier alpha value is -2.77. The van der Waals surface area contributed by atoms with Crippen LogP contribution in [0.2, 0.25) is 5.02 Å². The van der Waals surface area contributed by atoms with Gasteiger partial charge in [0, 0.05) is 16.7 Å². The minimum atomic E-state index is -0.332. The molecule has 24 heavy (non-hydrogen) atoms. The molecule has 3 rings (SSSR count). The summed E-state index contributed by atoms with van der Waals surface area (Å²) in [5.74, 6) is 0.141. The first-order valence-electron chi connectivity index (χ1n) is 7.20. The van der Waals surface area contributed by atoms with Gasteiger partial charge in [-0.15, -0.1) is 0 Å². The molecule has 0 spiro atoms. The Morgan fingerprint density at radius 1 is 1.25 bits per heavy atom. The second-order valence-electron chi connectivity index (χ2n) is 4.96. The third-order valence-corrected chi connectivity index (χ3v) is 3.54. The lowest BCUT2D eigenvalue weighted by atomic mass is 10.1. The van der Waals surface area contributed by atoms with Crippen LogP contribution in [0.25, 0.3) is 11.3 Å². The van der Waals surface area contributed by atoms with Gasteiger partial charge in [0.2, 0.25) is 0 Å². The highest BCUT2D eigenvalue weighted by atomic mass is 35.5. The number of hydrogen-bond donors (Lipinski definition) is 2. The van der Waals surface area contributed by atoms with E-state index in [0.29, 0.717) is 22.1 Å². The molecule has 0 aliphatic heterocycles. The average molecular weight is 344 g/mol. The van der Waals surface area contributed by atoms with Crippen molar-refractivity contribution in [2.24, 2.45) is 0 Å². The summed E-state index contributed by atoms with van der Waals surface area (Å²) in [5.41, 5.74) is 1.85. The van der Waals surface area contributed by atoms with Crippen molar-refractivity contribution in [3.63, 3.8) is 0 Å². The lowest BCUT2D eigenvalue weighted by Crippen LogP contribution is -2.17. The molecule has 1 amide bonds. The van der Waals surface area contributed by atoms with Crippen molar-refractivity contribution < 1.29 is 9.90 Å². The van der Waals surface area contributed by atoms with Crippen LogP contribution in [0.5, 0.6) is 0 Å². The number of nitrogens with zero attached hydrogens (tertiary/aromatic N) is 4. The fourth-order valence-corrected chi connectivity index (χ4v) is 2.38. The summed E-state index contributed by atoms with van der Waals surface area (Å²) in [4.78, 5) is 12.3. The highest BCUT2D eigenvalue weighted by molar-refractivity contribution is 6.30. The molecule has 0 unspecified atom stereocenters. The van der Waals surface area contributed by atoms with Gasteiger partial charge >= 0.3 is 0 Å². The summed E-state index contributed by atoms with van der Waals surface area (Å²) in [5, 5.41) is 24.3. The zero-order valence-electron chi connectivity index (χ0n) is 12.6. The quantitative estimate of drug-likeness (QED) is 0.741. The van der Waals surface area contributed by atoms with Gasteiger partial charge in [0.15, 0.2) is 0 Å². The number of aromatic nitrogens is 4. The van der Waals surface area contributed by atoms with Gasteiger partial charge < -0.3 is 10.4 Å². The lowest BCUT2D eigenvalue weighted by Gasteiger charge is -2.07. The molecule has 1 aromatic carbocycles. The predicted octanol–water partition coefficient (Wildman–Crippen LogP) is 2.24. The van der Waals surface area contributed by atoms with E-state index < -0.39 is 0 Å². The highest BCUT2D eigenvalue weighted by Gasteiger charge is 2.13. The number of nitrogens with one attached hydrogen (secondary N) is 1. The fraction of sp³-hybridized carbons (Fsp3) is 0.125. The normalized spacial score (nSPS) is 10.6. The van der Waals surface area contributed by atoms with Gasteiger partial charge in [0.25, 0.3) is 5.91 Å². The third-order valence-electron chi connectivity index (χ3n) is 3.30. The van der Waals surface area contributed by atoms with Crippen LogP contribution in [0.1, 0.15) is 10.4 Å². The van der Waals surface area contributed by atoms with Gasteiger partial charge in [0.1, 0.15) is 5.82 Å². The summed E-state index contributed by atoms with van der Waals surface area (Å²) in [6, 6.07) is 10.5. The molecular formula is C16H14ClN5O2. The van der Waals surface area contributed by atoms with Crippen LogP contribution in [-0.2, 0) is 6.54 Å². The van der Waals surface area contributed by atoms with Crippen LogP contribution in [0, 0.1) is 0 Å². The van der Waals surface area contributed by atoms with Gasteiger partial charge in [-0.05, 0) is 18.2 Å². The minimum Gasteiger partial charge on any atom is -0.394 e. The van der Waals surface area contributed by atoms with E-state index in [1.54, 1.807) is 24.3 Å². The van der Waals surface area contributed by atoms with Crippen LogP contribution in [0.3, 0.4) is 0 Å². The molecule has 3 aromatic rings. The Morgan fingerprint density at radius 2 is 2.12 bits per heavy atom. The predicted molar refractivity (Wildman–Crippen MR) is 89.7 cm³/mol. The van der Waals surface area contributed by atoms with Crippen LogP contribution in [-0.4, -0.2) is 37.6 Å². The zero-order valence-corrected chi connectivity index (χ0v) is 13.3. The van der Waals surface area contributed by atoms with Crippen LogP contribution < -0.4 is 5.32 Å². The standard InChI is InChI=1S/C16H14ClN5O2/c17-13-3-1-2-11(8-13)14-9-15(22(21-14)6-7-23)20-16(24)12-4-5-18-19-10-12/h1-5,8-10,23H,6-7H2,(H,20,24). The Bertz CT molecular complexity index is 851. The number of benzene rings is 1. The second-order valence-corrected chi connectivity index (χ2v) is 5.39. The van der Waals surface area contributed by atoms with Crippen LogP contribution in [0.15, 0.2) is 48.8 Å². The van der Waals surface area contributed by atoms with Crippen molar-refractivity contribution in [1.29, 1.82) is 0 Å². The number of aliphatic hydroxyl groups excluding tert-OH is 1.